The summed E-state index contributed by atoms with van der Waals surface area (Å²) in [4.78, 5) is 16.5. The number of nitrogens with zero attached hydrogens (tertiary/aromatic N) is 2. The van der Waals surface area contributed by atoms with Gasteiger partial charge in [0, 0.05) is 30.9 Å². The van der Waals surface area contributed by atoms with Crippen molar-refractivity contribution in [3.8, 4) is 0 Å². The molecule has 3 heterocycles. The Morgan fingerprint density at radius 2 is 2.42 bits per heavy atom. The maximum absolute atomic E-state index is 12.0. The zero-order valence-corrected chi connectivity index (χ0v) is 11.0. The van der Waals surface area contributed by atoms with Crippen molar-refractivity contribution >= 4 is 5.65 Å². The predicted molar refractivity (Wildman–Crippen MR) is 74.2 cm³/mol. The Morgan fingerprint density at radius 3 is 3.21 bits per heavy atom. The lowest BCUT2D eigenvalue weighted by Crippen LogP contribution is -2.43. The Hall–Kier alpha value is -1.72. The van der Waals surface area contributed by atoms with Crippen molar-refractivity contribution in [2.75, 3.05) is 13.1 Å². The van der Waals surface area contributed by atoms with E-state index in [1.54, 1.807) is 16.7 Å². The molecule has 2 aromatic rings. The fraction of sp³-hybridized carbons (Fsp3) is 0.429. The van der Waals surface area contributed by atoms with Crippen molar-refractivity contribution in [2.24, 2.45) is 0 Å². The van der Waals surface area contributed by atoms with E-state index in [4.69, 9.17) is 0 Å². The smallest absolute Gasteiger partial charge is 0.258 e. The van der Waals surface area contributed by atoms with Gasteiger partial charge in [0.1, 0.15) is 5.65 Å². The van der Waals surface area contributed by atoms with Crippen molar-refractivity contribution in [1.29, 1.82) is 0 Å². The van der Waals surface area contributed by atoms with Crippen molar-refractivity contribution in [1.82, 2.24) is 20.0 Å². The summed E-state index contributed by atoms with van der Waals surface area (Å²) in [5.41, 5.74) is 1.56. The number of fused-ring (bicyclic) bond motifs is 1. The molecule has 0 aromatic carbocycles. The van der Waals surface area contributed by atoms with Crippen molar-refractivity contribution < 1.29 is 0 Å². The van der Waals surface area contributed by atoms with E-state index in [0.29, 0.717) is 12.2 Å². The molecule has 1 unspecified atom stereocenters. The Labute approximate surface area is 111 Å². The molecule has 0 saturated carbocycles. The summed E-state index contributed by atoms with van der Waals surface area (Å²) in [6.45, 7) is 4.82. The average Bonchev–Trinajstić information content (AvgIpc) is 2.84. The standard InChI is InChI=1S/C14H18N4O/c1-14(5-6-15-10-14)16-9-11-8-13(19)18-7-3-2-4-12(18)17-11/h2-4,7-8,15-16H,5-6,9-10H2,1H3. The minimum absolute atomic E-state index is 0.0305. The van der Waals surface area contributed by atoms with Crippen molar-refractivity contribution in [3.05, 3.63) is 46.5 Å². The largest absolute Gasteiger partial charge is 0.315 e. The molecule has 100 valence electrons. The Kier molecular flexibility index (Phi) is 3.08. The molecule has 3 rings (SSSR count). The van der Waals surface area contributed by atoms with E-state index >= 15 is 0 Å². The van der Waals surface area contributed by atoms with Crippen LogP contribution in [0.1, 0.15) is 19.0 Å². The Morgan fingerprint density at radius 1 is 1.53 bits per heavy atom. The van der Waals surface area contributed by atoms with E-state index in [1.807, 2.05) is 18.2 Å². The highest BCUT2D eigenvalue weighted by molar-refractivity contribution is 5.37. The van der Waals surface area contributed by atoms with Gasteiger partial charge in [-0.3, -0.25) is 9.20 Å². The van der Waals surface area contributed by atoms with Gasteiger partial charge >= 0.3 is 0 Å². The predicted octanol–water partition coefficient (Wildman–Crippen LogP) is 0.536. The van der Waals surface area contributed by atoms with Crippen LogP contribution in [0.3, 0.4) is 0 Å². The summed E-state index contributed by atoms with van der Waals surface area (Å²) >= 11 is 0. The highest BCUT2D eigenvalue weighted by Gasteiger charge is 2.27. The molecule has 1 atom stereocenters. The molecule has 19 heavy (non-hydrogen) atoms. The maximum Gasteiger partial charge on any atom is 0.258 e. The molecule has 1 aliphatic rings. The number of hydrogen-bond donors (Lipinski definition) is 2. The van der Waals surface area contributed by atoms with Gasteiger partial charge in [0.2, 0.25) is 0 Å². The van der Waals surface area contributed by atoms with E-state index in [1.165, 1.54) is 0 Å². The lowest BCUT2D eigenvalue weighted by molar-refractivity contribution is 0.383. The molecule has 1 saturated heterocycles. The fourth-order valence-electron chi connectivity index (χ4n) is 2.47. The van der Waals surface area contributed by atoms with Gasteiger partial charge in [-0.1, -0.05) is 6.07 Å². The van der Waals surface area contributed by atoms with Gasteiger partial charge in [-0.25, -0.2) is 4.98 Å². The number of pyridine rings is 1. The second-order valence-electron chi connectivity index (χ2n) is 5.36. The molecule has 0 radical (unpaired) electrons. The van der Waals surface area contributed by atoms with Crippen molar-refractivity contribution in [3.63, 3.8) is 0 Å². The molecule has 2 aromatic heterocycles. The summed E-state index contributed by atoms with van der Waals surface area (Å²) in [5.74, 6) is 0. The molecule has 1 aliphatic heterocycles. The van der Waals surface area contributed by atoms with Gasteiger partial charge in [0.25, 0.3) is 5.56 Å². The first kappa shape index (κ1) is 12.3. The molecule has 1 fully saturated rings. The van der Waals surface area contributed by atoms with Crippen LogP contribution in [0.25, 0.3) is 5.65 Å². The van der Waals surface area contributed by atoms with Gasteiger partial charge in [-0.2, -0.15) is 0 Å². The minimum Gasteiger partial charge on any atom is -0.315 e. The van der Waals surface area contributed by atoms with Crippen LogP contribution in [-0.2, 0) is 6.54 Å². The normalized spacial score (nSPS) is 23.0. The summed E-state index contributed by atoms with van der Waals surface area (Å²) in [6.07, 6.45) is 2.84. The Bertz CT molecular complexity index is 643. The van der Waals surface area contributed by atoms with Gasteiger partial charge in [-0.15, -0.1) is 0 Å². The van der Waals surface area contributed by atoms with Crippen LogP contribution in [0.15, 0.2) is 35.3 Å². The summed E-state index contributed by atoms with van der Waals surface area (Å²) in [5, 5.41) is 6.83. The Balaban J connectivity index is 1.83. The summed E-state index contributed by atoms with van der Waals surface area (Å²) in [7, 11) is 0. The SMILES string of the molecule is CC1(NCc2cc(=O)n3ccccc3n2)CCNC1. The summed E-state index contributed by atoms with van der Waals surface area (Å²) in [6, 6.07) is 7.18. The van der Waals surface area contributed by atoms with Gasteiger partial charge in [-0.05, 0) is 32.0 Å². The number of hydrogen-bond acceptors (Lipinski definition) is 4. The molecule has 5 heteroatoms. The number of nitrogens with one attached hydrogen (secondary N) is 2. The molecule has 0 aliphatic carbocycles. The van der Waals surface area contributed by atoms with Crippen LogP contribution in [0.4, 0.5) is 0 Å². The second kappa shape index (κ2) is 4.75. The van der Waals surface area contributed by atoms with E-state index in [9.17, 15) is 4.79 Å². The van der Waals surface area contributed by atoms with Crippen LogP contribution in [0.2, 0.25) is 0 Å². The maximum atomic E-state index is 12.0. The third-order valence-electron chi connectivity index (χ3n) is 3.69. The molecule has 0 spiro atoms. The third kappa shape index (κ3) is 2.52. The van der Waals surface area contributed by atoms with E-state index < -0.39 is 0 Å². The average molecular weight is 258 g/mol. The van der Waals surface area contributed by atoms with E-state index in [0.717, 1.165) is 25.2 Å². The number of rotatable bonds is 3. The van der Waals surface area contributed by atoms with Crippen LogP contribution in [0, 0.1) is 0 Å². The molecule has 0 bridgehead atoms. The number of aromatic nitrogens is 2. The highest BCUT2D eigenvalue weighted by atomic mass is 16.1. The molecule has 2 N–H and O–H groups in total. The van der Waals surface area contributed by atoms with Gasteiger partial charge in [0.15, 0.2) is 0 Å². The monoisotopic (exact) mass is 258 g/mol. The first-order chi connectivity index (χ1) is 9.16. The lowest BCUT2D eigenvalue weighted by Gasteiger charge is -2.24. The van der Waals surface area contributed by atoms with Crippen molar-refractivity contribution in [2.45, 2.75) is 25.4 Å². The quantitative estimate of drug-likeness (QED) is 0.843. The molecular formula is C14H18N4O. The van der Waals surface area contributed by atoms with Crippen LogP contribution in [-0.4, -0.2) is 28.0 Å². The fourth-order valence-corrected chi connectivity index (χ4v) is 2.47. The molecule has 5 nitrogen and oxygen atoms in total. The first-order valence-corrected chi connectivity index (χ1v) is 6.59. The second-order valence-corrected chi connectivity index (χ2v) is 5.36. The first-order valence-electron chi connectivity index (χ1n) is 6.59. The summed E-state index contributed by atoms with van der Waals surface area (Å²) < 4.78 is 1.56. The van der Waals surface area contributed by atoms with Crippen LogP contribution < -0.4 is 16.2 Å². The third-order valence-corrected chi connectivity index (χ3v) is 3.69. The van der Waals surface area contributed by atoms with E-state index in [-0.39, 0.29) is 11.1 Å². The molecular weight excluding hydrogens is 240 g/mol. The van der Waals surface area contributed by atoms with Gasteiger partial charge in [0.05, 0.1) is 5.69 Å². The molecule has 0 amide bonds. The zero-order valence-electron chi connectivity index (χ0n) is 11.0. The zero-order chi connectivity index (χ0) is 13.3. The lowest BCUT2D eigenvalue weighted by atomic mass is 10.0. The van der Waals surface area contributed by atoms with Crippen LogP contribution in [0.5, 0.6) is 0 Å². The highest BCUT2D eigenvalue weighted by Crippen LogP contribution is 2.13. The van der Waals surface area contributed by atoms with Gasteiger partial charge < -0.3 is 10.6 Å². The van der Waals surface area contributed by atoms with E-state index in [2.05, 4.69) is 22.5 Å². The minimum atomic E-state index is -0.0305. The topological polar surface area (TPSA) is 58.4 Å². The van der Waals surface area contributed by atoms with Crippen LogP contribution >= 0.6 is 0 Å².